The lowest BCUT2D eigenvalue weighted by Gasteiger charge is -1.98. The fourth-order valence-electron chi connectivity index (χ4n) is 0.616. The van der Waals surface area contributed by atoms with Gasteiger partial charge >= 0.3 is 0 Å². The van der Waals surface area contributed by atoms with Gasteiger partial charge in [0.2, 0.25) is 0 Å². The van der Waals surface area contributed by atoms with Gasteiger partial charge in [0.05, 0.1) is 12.1 Å². The molecule has 0 saturated heterocycles. The van der Waals surface area contributed by atoms with Crippen molar-refractivity contribution in [2.24, 2.45) is 0 Å². The second-order valence-corrected chi connectivity index (χ2v) is 1.83. The van der Waals surface area contributed by atoms with E-state index in [0.29, 0.717) is 0 Å². The van der Waals surface area contributed by atoms with E-state index in [1.165, 1.54) is 7.11 Å². The van der Waals surface area contributed by atoms with Crippen molar-refractivity contribution in [3.8, 4) is 0 Å². The predicted octanol–water partition coefficient (Wildman–Crippen LogP) is 1.42. The zero-order valence-corrected chi connectivity index (χ0v) is 5.69. The number of hydrogen-bond acceptors (Lipinski definition) is 2. The molecule has 0 aliphatic rings. The van der Waals surface area contributed by atoms with Crippen LogP contribution in [0.5, 0.6) is 0 Å². The number of rotatable bonds is 2. The van der Waals surface area contributed by atoms with Gasteiger partial charge in [-0.05, 0) is 17.6 Å². The monoisotopic (exact) mass is 141 g/mol. The van der Waals surface area contributed by atoms with Gasteiger partial charge in [-0.1, -0.05) is 12.1 Å². The lowest BCUT2D eigenvalue weighted by Crippen LogP contribution is -1.89. The average Bonchev–Trinajstić information content (AvgIpc) is 2.19. The molecule has 0 heterocycles. The molecule has 0 aliphatic carbocycles. The maximum Gasteiger partial charge on any atom is 0.0713 e. The van der Waals surface area contributed by atoms with Crippen LogP contribution in [-0.4, -0.2) is 7.11 Å². The van der Waals surface area contributed by atoms with Gasteiger partial charge in [-0.15, -0.1) is 0 Å². The number of hydrogen-bond donors (Lipinski definition) is 1. The molecule has 0 aromatic heterocycles. The van der Waals surface area contributed by atoms with Gasteiger partial charge < -0.3 is 10.5 Å². The summed E-state index contributed by atoms with van der Waals surface area (Å²) < 4.78 is 34.6. The van der Waals surface area contributed by atoms with Gasteiger partial charge in [-0.2, -0.15) is 0 Å². The molecule has 1 rings (SSSR count). The molecule has 0 radical (unpaired) electrons. The van der Waals surface area contributed by atoms with Crippen LogP contribution in [0.25, 0.3) is 0 Å². The van der Waals surface area contributed by atoms with Crippen molar-refractivity contribution < 1.29 is 10.2 Å². The zero-order chi connectivity index (χ0) is 10.9. The molecule has 2 nitrogen and oxygen atoms in total. The van der Waals surface area contributed by atoms with Gasteiger partial charge in [0.25, 0.3) is 0 Å². The van der Waals surface area contributed by atoms with Crippen LogP contribution < -0.4 is 5.73 Å². The van der Waals surface area contributed by atoms with Crippen LogP contribution in [0.3, 0.4) is 0 Å². The molecule has 2 N–H and O–H groups in total. The molecule has 0 unspecified atom stereocenters. The Kier molecular flexibility index (Phi) is 1.09. The number of nitrogens with two attached hydrogens (primary N) is 1. The Labute approximate surface area is 66.2 Å². The van der Waals surface area contributed by atoms with Crippen LogP contribution in [0, 0.1) is 0 Å². The van der Waals surface area contributed by atoms with Crippen LogP contribution in [-0.2, 0) is 11.3 Å². The van der Waals surface area contributed by atoms with Crippen molar-refractivity contribution in [3.05, 3.63) is 29.7 Å². The van der Waals surface area contributed by atoms with E-state index in [1.54, 1.807) is 0 Å². The SMILES string of the molecule is [2H]c1c([2H])c(N)c([2H])c(COC)c1[2H]. The molecular weight excluding hydrogens is 126 g/mol. The lowest BCUT2D eigenvalue weighted by atomic mass is 10.2. The Morgan fingerprint density at radius 3 is 3.20 bits per heavy atom. The molecule has 10 heavy (non-hydrogen) atoms. The molecule has 0 atom stereocenters. The van der Waals surface area contributed by atoms with Gasteiger partial charge in [0.1, 0.15) is 0 Å². The third-order valence-corrected chi connectivity index (χ3v) is 0.985. The summed E-state index contributed by atoms with van der Waals surface area (Å²) in [5.41, 5.74) is 5.63. The highest BCUT2D eigenvalue weighted by molar-refractivity contribution is 5.40. The molecule has 1 aromatic carbocycles. The summed E-state index contributed by atoms with van der Waals surface area (Å²) in [4.78, 5) is 0. The summed E-state index contributed by atoms with van der Waals surface area (Å²) in [6.45, 7) is 0.0635. The third kappa shape index (κ3) is 1.74. The Bertz CT molecular complexity index is 338. The van der Waals surface area contributed by atoms with E-state index in [9.17, 15) is 0 Å². The number of methoxy groups -OCH3 is 1. The van der Waals surface area contributed by atoms with Crippen LogP contribution >= 0.6 is 0 Å². The van der Waals surface area contributed by atoms with Crippen molar-refractivity contribution in [1.82, 2.24) is 0 Å². The van der Waals surface area contributed by atoms with Gasteiger partial charge in [0.15, 0.2) is 0 Å². The summed E-state index contributed by atoms with van der Waals surface area (Å²) in [5, 5.41) is 0. The highest BCUT2D eigenvalue weighted by Crippen LogP contribution is 2.06. The molecule has 0 aliphatic heterocycles. The first-order valence-electron chi connectivity index (χ1n) is 4.84. The zero-order valence-electron chi connectivity index (χ0n) is 9.69. The summed E-state index contributed by atoms with van der Waals surface area (Å²) in [6, 6.07) is -0.765. The quantitative estimate of drug-likeness (QED) is 0.632. The maximum atomic E-state index is 7.55. The summed E-state index contributed by atoms with van der Waals surface area (Å²) in [7, 11) is 1.44. The first kappa shape index (κ1) is 3.39. The molecule has 2 heteroatoms. The molecule has 54 valence electrons. The van der Waals surface area contributed by atoms with Crippen molar-refractivity contribution in [2.45, 2.75) is 6.61 Å². The van der Waals surface area contributed by atoms with Crippen molar-refractivity contribution in [2.75, 3.05) is 12.8 Å². The fraction of sp³-hybridized carbons (Fsp3) is 0.250. The van der Waals surface area contributed by atoms with Crippen LogP contribution in [0.15, 0.2) is 24.2 Å². The number of anilines is 1. The molecule has 0 bridgehead atoms. The highest BCUT2D eigenvalue weighted by atomic mass is 16.5. The van der Waals surface area contributed by atoms with E-state index >= 15 is 0 Å². The van der Waals surface area contributed by atoms with Gasteiger partial charge in [-0.25, -0.2) is 0 Å². The second kappa shape index (κ2) is 3.22. The van der Waals surface area contributed by atoms with E-state index in [4.69, 9.17) is 16.0 Å². The Balaban J connectivity index is 3.43. The first-order chi connectivity index (χ1) is 6.50. The molecular formula is C8H11NO. The topological polar surface area (TPSA) is 35.2 Å². The van der Waals surface area contributed by atoms with Crippen LogP contribution in [0.2, 0.25) is 0 Å². The lowest BCUT2D eigenvalue weighted by molar-refractivity contribution is 0.185. The minimum absolute atomic E-state index is 0.0635. The summed E-state index contributed by atoms with van der Waals surface area (Å²) >= 11 is 0. The van der Waals surface area contributed by atoms with E-state index < -0.39 is 0 Å². The van der Waals surface area contributed by atoms with Crippen molar-refractivity contribution >= 4 is 5.69 Å². The van der Waals surface area contributed by atoms with Gasteiger partial charge in [-0.3, -0.25) is 0 Å². The highest BCUT2D eigenvalue weighted by Gasteiger charge is 1.89. The van der Waals surface area contributed by atoms with E-state index in [0.717, 1.165) is 0 Å². The predicted molar refractivity (Wildman–Crippen MR) is 41.6 cm³/mol. The summed E-state index contributed by atoms with van der Waals surface area (Å²) in [5.74, 6) is 0. The minimum atomic E-state index is -0.264. The standard InChI is InChI=1S/C8H11NO/c1-10-6-7-3-2-4-8(9)5-7/h2-5H,6,9H2,1H3/i2D,3D,4D,5D. The van der Waals surface area contributed by atoms with E-state index in [-0.39, 0.29) is 42.0 Å². The minimum Gasteiger partial charge on any atom is -0.399 e. The van der Waals surface area contributed by atoms with E-state index in [1.807, 2.05) is 0 Å². The van der Waals surface area contributed by atoms with Crippen LogP contribution in [0.1, 0.15) is 11.0 Å². The van der Waals surface area contributed by atoms with Gasteiger partial charge in [0, 0.05) is 12.8 Å². The first-order valence-corrected chi connectivity index (χ1v) is 2.84. The number of benzene rings is 1. The number of ether oxygens (including phenoxy) is 1. The largest absolute Gasteiger partial charge is 0.399 e. The molecule has 0 fully saturated rings. The molecule has 1 aromatic rings. The second-order valence-electron chi connectivity index (χ2n) is 1.83. The number of nitrogen functional groups attached to an aromatic ring is 1. The molecule has 0 saturated carbocycles. The van der Waals surface area contributed by atoms with Crippen LogP contribution in [0.4, 0.5) is 5.69 Å². The molecule has 0 amide bonds. The molecule has 0 spiro atoms. The van der Waals surface area contributed by atoms with E-state index in [2.05, 4.69) is 0 Å². The third-order valence-electron chi connectivity index (χ3n) is 0.985. The Hall–Kier alpha value is -1.02. The van der Waals surface area contributed by atoms with Crippen molar-refractivity contribution in [1.29, 1.82) is 0 Å². The van der Waals surface area contributed by atoms with Crippen molar-refractivity contribution in [3.63, 3.8) is 0 Å². The smallest absolute Gasteiger partial charge is 0.0713 e. The average molecular weight is 141 g/mol. The maximum absolute atomic E-state index is 7.55. The summed E-state index contributed by atoms with van der Waals surface area (Å²) in [6.07, 6.45) is 0. The fourth-order valence-corrected chi connectivity index (χ4v) is 0.616. The normalized spacial score (nSPS) is 15.3. The Morgan fingerprint density at radius 2 is 2.50 bits per heavy atom. The Morgan fingerprint density at radius 1 is 1.70 bits per heavy atom.